The molecule has 1 fully saturated rings. The number of para-hydroxylation sites is 1. The first-order valence-electron chi connectivity index (χ1n) is 8.87. The average Bonchev–Trinajstić information content (AvgIpc) is 2.69. The molecule has 3 heterocycles. The van der Waals surface area contributed by atoms with Gasteiger partial charge in [0.05, 0.1) is 5.52 Å². The highest BCUT2D eigenvalue weighted by Gasteiger charge is 2.23. The van der Waals surface area contributed by atoms with Crippen LogP contribution in [0.15, 0.2) is 54.9 Å². The molecule has 0 bridgehead atoms. The molecule has 0 spiro atoms. The zero-order valence-corrected chi connectivity index (χ0v) is 14.5. The number of pyridine rings is 1. The van der Waals surface area contributed by atoms with E-state index >= 15 is 0 Å². The van der Waals surface area contributed by atoms with Crippen LogP contribution in [0.1, 0.15) is 18.4 Å². The van der Waals surface area contributed by atoms with E-state index in [-0.39, 0.29) is 0 Å². The molecule has 3 aromatic rings. The van der Waals surface area contributed by atoms with Gasteiger partial charge in [-0.25, -0.2) is 0 Å². The summed E-state index contributed by atoms with van der Waals surface area (Å²) < 4.78 is 0. The molecule has 0 unspecified atom stereocenters. The molecular formula is C20H23N5. The number of hydrogen-bond acceptors (Lipinski definition) is 5. The van der Waals surface area contributed by atoms with Gasteiger partial charge in [0.1, 0.15) is 0 Å². The van der Waals surface area contributed by atoms with Crippen molar-refractivity contribution in [3.8, 4) is 0 Å². The molecular weight excluding hydrogens is 310 g/mol. The van der Waals surface area contributed by atoms with Crippen molar-refractivity contribution in [3.63, 3.8) is 0 Å². The molecule has 1 aliphatic heterocycles. The standard InChI is InChI=1S/C20H23N5/c1-24(19-8-4-12-22-23-19)18-9-13-25(14-10-18)15-17-6-2-5-16-7-3-11-21-20(16)17/h2-8,11-12,18H,9-10,13-15H2,1H3. The van der Waals surface area contributed by atoms with E-state index in [1.807, 2.05) is 24.4 Å². The van der Waals surface area contributed by atoms with Crippen LogP contribution < -0.4 is 4.90 Å². The number of rotatable bonds is 4. The van der Waals surface area contributed by atoms with Gasteiger partial charge >= 0.3 is 0 Å². The predicted octanol–water partition coefficient (Wildman–Crippen LogP) is 3.13. The fraction of sp³-hybridized carbons (Fsp3) is 0.350. The molecule has 0 N–H and O–H groups in total. The number of aromatic nitrogens is 3. The summed E-state index contributed by atoms with van der Waals surface area (Å²) in [6, 6.07) is 15.1. The predicted molar refractivity (Wildman–Crippen MR) is 100 cm³/mol. The Hall–Kier alpha value is -2.53. The van der Waals surface area contributed by atoms with Gasteiger partial charge in [0, 0.05) is 50.5 Å². The third-order valence-corrected chi connectivity index (χ3v) is 5.13. The zero-order valence-electron chi connectivity index (χ0n) is 14.5. The normalized spacial score (nSPS) is 16.2. The maximum Gasteiger partial charge on any atom is 0.151 e. The monoisotopic (exact) mass is 333 g/mol. The molecule has 1 aromatic carbocycles. The van der Waals surface area contributed by atoms with E-state index in [1.165, 1.54) is 10.9 Å². The lowest BCUT2D eigenvalue weighted by Gasteiger charge is -2.37. The van der Waals surface area contributed by atoms with Crippen molar-refractivity contribution in [2.45, 2.75) is 25.4 Å². The minimum Gasteiger partial charge on any atom is -0.355 e. The van der Waals surface area contributed by atoms with Gasteiger partial charge in [0.2, 0.25) is 0 Å². The van der Waals surface area contributed by atoms with Crippen molar-refractivity contribution < 1.29 is 0 Å². The molecule has 1 saturated heterocycles. The summed E-state index contributed by atoms with van der Waals surface area (Å²) in [4.78, 5) is 9.38. The number of hydrogen-bond donors (Lipinski definition) is 0. The van der Waals surface area contributed by atoms with Gasteiger partial charge < -0.3 is 4.90 Å². The first-order chi connectivity index (χ1) is 12.3. The van der Waals surface area contributed by atoms with Crippen LogP contribution in [0.3, 0.4) is 0 Å². The largest absolute Gasteiger partial charge is 0.355 e. The highest BCUT2D eigenvalue weighted by atomic mass is 15.3. The Balaban J connectivity index is 1.40. The Labute approximate surface area is 148 Å². The van der Waals surface area contributed by atoms with Gasteiger partial charge in [0.15, 0.2) is 5.82 Å². The summed E-state index contributed by atoms with van der Waals surface area (Å²) in [5, 5.41) is 9.44. The Bertz CT molecular complexity index is 822. The first-order valence-corrected chi connectivity index (χ1v) is 8.87. The van der Waals surface area contributed by atoms with E-state index in [1.54, 1.807) is 6.20 Å². The molecule has 128 valence electrons. The lowest BCUT2D eigenvalue weighted by atomic mass is 10.0. The maximum absolute atomic E-state index is 4.58. The van der Waals surface area contributed by atoms with Gasteiger partial charge in [-0.05, 0) is 36.6 Å². The van der Waals surface area contributed by atoms with Gasteiger partial charge in [0.25, 0.3) is 0 Å². The van der Waals surface area contributed by atoms with Crippen LogP contribution in [-0.4, -0.2) is 46.3 Å². The van der Waals surface area contributed by atoms with Crippen molar-refractivity contribution in [1.29, 1.82) is 0 Å². The summed E-state index contributed by atoms with van der Waals surface area (Å²) in [5.41, 5.74) is 2.45. The van der Waals surface area contributed by atoms with Crippen LogP contribution in [-0.2, 0) is 6.54 Å². The molecule has 5 heteroatoms. The lowest BCUT2D eigenvalue weighted by molar-refractivity contribution is 0.203. The molecule has 0 amide bonds. The summed E-state index contributed by atoms with van der Waals surface area (Å²) in [7, 11) is 2.12. The Morgan fingerprint density at radius 1 is 1.04 bits per heavy atom. The van der Waals surface area contributed by atoms with Crippen LogP contribution in [0.25, 0.3) is 10.9 Å². The van der Waals surface area contributed by atoms with Crippen LogP contribution >= 0.6 is 0 Å². The summed E-state index contributed by atoms with van der Waals surface area (Å²) in [6.07, 6.45) is 5.89. The van der Waals surface area contributed by atoms with E-state index in [0.29, 0.717) is 6.04 Å². The average molecular weight is 333 g/mol. The minimum atomic E-state index is 0.526. The van der Waals surface area contributed by atoms with E-state index < -0.39 is 0 Å². The second-order valence-electron chi connectivity index (χ2n) is 6.69. The number of piperidine rings is 1. The van der Waals surface area contributed by atoms with Crippen LogP contribution in [0.5, 0.6) is 0 Å². The lowest BCUT2D eigenvalue weighted by Crippen LogP contribution is -2.43. The quantitative estimate of drug-likeness (QED) is 0.734. The van der Waals surface area contributed by atoms with Crippen molar-refractivity contribution in [1.82, 2.24) is 20.1 Å². The maximum atomic E-state index is 4.58. The van der Waals surface area contributed by atoms with E-state index in [4.69, 9.17) is 0 Å². The number of anilines is 1. The van der Waals surface area contributed by atoms with E-state index in [0.717, 1.165) is 43.8 Å². The van der Waals surface area contributed by atoms with Crippen LogP contribution in [0.2, 0.25) is 0 Å². The molecule has 0 aliphatic carbocycles. The first kappa shape index (κ1) is 16.0. The molecule has 5 nitrogen and oxygen atoms in total. The Morgan fingerprint density at radius 2 is 1.84 bits per heavy atom. The van der Waals surface area contributed by atoms with Gasteiger partial charge in [-0.2, -0.15) is 5.10 Å². The highest BCUT2D eigenvalue weighted by Crippen LogP contribution is 2.23. The summed E-state index contributed by atoms with van der Waals surface area (Å²) in [6.45, 7) is 3.16. The molecule has 2 aromatic heterocycles. The molecule has 0 radical (unpaired) electrons. The zero-order chi connectivity index (χ0) is 17.1. The molecule has 0 saturated carbocycles. The second-order valence-corrected chi connectivity index (χ2v) is 6.69. The van der Waals surface area contributed by atoms with Crippen LogP contribution in [0.4, 0.5) is 5.82 Å². The SMILES string of the molecule is CN(c1cccnn1)C1CCN(Cc2cccc3cccnc23)CC1. The fourth-order valence-electron chi connectivity index (χ4n) is 3.67. The smallest absolute Gasteiger partial charge is 0.151 e. The molecule has 1 aliphatic rings. The van der Waals surface area contributed by atoms with Crippen molar-refractivity contribution in [2.24, 2.45) is 0 Å². The van der Waals surface area contributed by atoms with Crippen molar-refractivity contribution in [2.75, 3.05) is 25.0 Å². The van der Waals surface area contributed by atoms with E-state index in [9.17, 15) is 0 Å². The minimum absolute atomic E-state index is 0.526. The molecule has 25 heavy (non-hydrogen) atoms. The molecule has 0 atom stereocenters. The number of fused-ring (bicyclic) bond motifs is 1. The van der Waals surface area contributed by atoms with Gasteiger partial charge in [-0.15, -0.1) is 5.10 Å². The van der Waals surface area contributed by atoms with Crippen molar-refractivity contribution >= 4 is 16.7 Å². The van der Waals surface area contributed by atoms with Crippen LogP contribution in [0, 0.1) is 0 Å². The number of likely N-dealkylation sites (tertiary alicyclic amines) is 1. The second kappa shape index (κ2) is 7.15. The van der Waals surface area contributed by atoms with Crippen molar-refractivity contribution in [3.05, 3.63) is 60.4 Å². The fourth-order valence-corrected chi connectivity index (χ4v) is 3.67. The van der Waals surface area contributed by atoms with Gasteiger partial charge in [-0.3, -0.25) is 9.88 Å². The topological polar surface area (TPSA) is 45.2 Å². The van der Waals surface area contributed by atoms with Gasteiger partial charge in [-0.1, -0.05) is 24.3 Å². The van der Waals surface area contributed by atoms with E-state index in [2.05, 4.69) is 56.3 Å². The third-order valence-electron chi connectivity index (χ3n) is 5.13. The summed E-state index contributed by atoms with van der Waals surface area (Å²) >= 11 is 0. The Kier molecular flexibility index (Phi) is 4.57. The molecule has 4 rings (SSSR count). The third kappa shape index (κ3) is 3.46. The number of benzene rings is 1. The Morgan fingerprint density at radius 3 is 2.64 bits per heavy atom. The summed E-state index contributed by atoms with van der Waals surface area (Å²) in [5.74, 6) is 0.958. The number of nitrogens with zero attached hydrogens (tertiary/aromatic N) is 5. The highest BCUT2D eigenvalue weighted by molar-refractivity contribution is 5.81.